The second-order valence-corrected chi connectivity index (χ2v) is 6.73. The molecule has 3 rings (SSSR count). The van der Waals surface area contributed by atoms with E-state index in [1.54, 1.807) is 0 Å². The summed E-state index contributed by atoms with van der Waals surface area (Å²) in [4.78, 5) is 2.43. The van der Waals surface area contributed by atoms with Gasteiger partial charge in [0.25, 0.3) is 0 Å². The molecule has 0 aromatic heterocycles. The quantitative estimate of drug-likeness (QED) is 0.817. The van der Waals surface area contributed by atoms with Crippen LogP contribution in [0, 0.1) is 17.2 Å². The maximum absolute atomic E-state index is 9.76. The standard InChI is InChI=1S/C15H25N3O/c1-11-7-18(8-12(2)19-11)10-15(9-16,13-3-4-13)17-14-5-6-14/h11-14,17H,3-8,10H2,1-2H3/t11-,12+,15?. The number of nitriles is 1. The first kappa shape index (κ1) is 13.4. The average molecular weight is 263 g/mol. The molecule has 0 aromatic carbocycles. The van der Waals surface area contributed by atoms with Gasteiger partial charge in [-0.15, -0.1) is 0 Å². The summed E-state index contributed by atoms with van der Waals surface area (Å²) in [6.45, 7) is 7.02. The largest absolute Gasteiger partial charge is 0.373 e. The van der Waals surface area contributed by atoms with Crippen molar-refractivity contribution in [3.8, 4) is 6.07 Å². The third kappa shape index (κ3) is 3.10. The van der Waals surface area contributed by atoms with Gasteiger partial charge in [-0.25, -0.2) is 0 Å². The summed E-state index contributed by atoms with van der Waals surface area (Å²) < 4.78 is 5.79. The van der Waals surface area contributed by atoms with Crippen LogP contribution in [0.1, 0.15) is 39.5 Å². The van der Waals surface area contributed by atoms with Crippen molar-refractivity contribution in [2.24, 2.45) is 5.92 Å². The molecule has 1 unspecified atom stereocenters. The van der Waals surface area contributed by atoms with E-state index in [4.69, 9.17) is 4.74 Å². The molecule has 1 aliphatic heterocycles. The normalized spacial score (nSPS) is 35.6. The Labute approximate surface area is 116 Å². The van der Waals surface area contributed by atoms with Gasteiger partial charge in [-0.2, -0.15) is 5.26 Å². The molecule has 1 N–H and O–H groups in total. The summed E-state index contributed by atoms with van der Waals surface area (Å²) in [6.07, 6.45) is 5.46. The Morgan fingerprint density at radius 2 is 1.84 bits per heavy atom. The highest BCUT2D eigenvalue weighted by Gasteiger charge is 2.49. The molecule has 0 amide bonds. The van der Waals surface area contributed by atoms with Crippen molar-refractivity contribution in [2.75, 3.05) is 19.6 Å². The smallest absolute Gasteiger partial charge is 0.122 e. The second-order valence-electron chi connectivity index (χ2n) is 6.73. The number of hydrogen-bond donors (Lipinski definition) is 1. The Bertz CT molecular complexity index is 362. The number of nitrogens with one attached hydrogen (secondary N) is 1. The molecule has 0 aromatic rings. The van der Waals surface area contributed by atoms with Crippen LogP contribution in [0.5, 0.6) is 0 Å². The molecular formula is C15H25N3O. The molecule has 19 heavy (non-hydrogen) atoms. The summed E-state index contributed by atoms with van der Waals surface area (Å²) in [5.74, 6) is 0.562. The topological polar surface area (TPSA) is 48.3 Å². The monoisotopic (exact) mass is 263 g/mol. The summed E-state index contributed by atoms with van der Waals surface area (Å²) >= 11 is 0. The highest BCUT2D eigenvalue weighted by Crippen LogP contribution is 2.42. The van der Waals surface area contributed by atoms with E-state index in [-0.39, 0.29) is 17.7 Å². The molecular weight excluding hydrogens is 238 g/mol. The van der Waals surface area contributed by atoms with Crippen LogP contribution in [0.4, 0.5) is 0 Å². The van der Waals surface area contributed by atoms with E-state index in [0.717, 1.165) is 19.6 Å². The van der Waals surface area contributed by atoms with Crippen molar-refractivity contribution in [3.63, 3.8) is 0 Å². The predicted octanol–water partition coefficient (Wildman–Crippen LogP) is 1.52. The first-order valence-electron chi connectivity index (χ1n) is 7.68. The van der Waals surface area contributed by atoms with Crippen molar-refractivity contribution >= 4 is 0 Å². The molecule has 3 atom stereocenters. The van der Waals surface area contributed by atoms with E-state index in [2.05, 4.69) is 30.1 Å². The minimum atomic E-state index is -0.308. The lowest BCUT2D eigenvalue weighted by Gasteiger charge is -2.40. The fourth-order valence-electron chi connectivity index (χ4n) is 3.39. The highest BCUT2D eigenvalue weighted by molar-refractivity contribution is 5.18. The van der Waals surface area contributed by atoms with Crippen molar-refractivity contribution in [3.05, 3.63) is 0 Å². The third-order valence-corrected chi connectivity index (χ3v) is 4.48. The number of morpholine rings is 1. The van der Waals surface area contributed by atoms with E-state index in [1.165, 1.54) is 25.7 Å². The van der Waals surface area contributed by atoms with Crippen molar-refractivity contribution in [1.82, 2.24) is 10.2 Å². The number of ether oxygens (including phenoxy) is 1. The van der Waals surface area contributed by atoms with Gasteiger partial charge >= 0.3 is 0 Å². The van der Waals surface area contributed by atoms with Crippen LogP contribution < -0.4 is 5.32 Å². The number of hydrogen-bond acceptors (Lipinski definition) is 4. The van der Waals surface area contributed by atoms with Gasteiger partial charge in [0, 0.05) is 25.7 Å². The SMILES string of the molecule is C[C@@H]1CN(CC(C#N)(NC2CC2)C2CC2)C[C@H](C)O1. The molecule has 106 valence electrons. The molecule has 1 saturated heterocycles. The Balaban J connectivity index is 1.67. The molecule has 3 aliphatic rings. The van der Waals surface area contributed by atoms with Gasteiger partial charge in [-0.3, -0.25) is 10.2 Å². The summed E-state index contributed by atoms with van der Waals surface area (Å²) in [5.41, 5.74) is -0.308. The van der Waals surface area contributed by atoms with Gasteiger partial charge < -0.3 is 4.74 Å². The molecule has 4 nitrogen and oxygen atoms in total. The lowest BCUT2D eigenvalue weighted by Crippen LogP contribution is -2.58. The van der Waals surface area contributed by atoms with Gasteiger partial charge in [0.15, 0.2) is 0 Å². The molecule has 2 saturated carbocycles. The number of nitrogens with zero attached hydrogens (tertiary/aromatic N) is 2. The molecule has 2 aliphatic carbocycles. The Kier molecular flexibility index (Phi) is 3.55. The van der Waals surface area contributed by atoms with Crippen LogP contribution in [-0.4, -0.2) is 48.3 Å². The molecule has 4 heteroatoms. The van der Waals surface area contributed by atoms with Crippen LogP contribution in [0.15, 0.2) is 0 Å². The average Bonchev–Trinajstić information content (AvgIpc) is 3.20. The van der Waals surface area contributed by atoms with Crippen LogP contribution in [0.25, 0.3) is 0 Å². The molecule has 0 bridgehead atoms. The summed E-state index contributed by atoms with van der Waals surface area (Å²) in [7, 11) is 0. The van der Waals surface area contributed by atoms with Crippen molar-refractivity contribution in [1.29, 1.82) is 5.26 Å². The second kappa shape index (κ2) is 5.05. The van der Waals surface area contributed by atoms with Gasteiger partial charge in [0.1, 0.15) is 5.54 Å². The molecule has 0 spiro atoms. The highest BCUT2D eigenvalue weighted by atomic mass is 16.5. The Hall–Kier alpha value is -0.630. The summed E-state index contributed by atoms with van der Waals surface area (Å²) in [5, 5.41) is 13.4. The lowest BCUT2D eigenvalue weighted by atomic mass is 9.93. The van der Waals surface area contributed by atoms with Gasteiger partial charge in [-0.05, 0) is 45.4 Å². The van der Waals surface area contributed by atoms with Crippen molar-refractivity contribution in [2.45, 2.75) is 63.3 Å². The minimum Gasteiger partial charge on any atom is -0.373 e. The van der Waals surface area contributed by atoms with Crippen LogP contribution in [0.2, 0.25) is 0 Å². The first-order valence-corrected chi connectivity index (χ1v) is 7.68. The fraction of sp³-hybridized carbons (Fsp3) is 0.933. The zero-order chi connectivity index (χ0) is 13.5. The van der Waals surface area contributed by atoms with Gasteiger partial charge in [-0.1, -0.05) is 0 Å². The zero-order valence-corrected chi connectivity index (χ0v) is 12.1. The van der Waals surface area contributed by atoms with E-state index >= 15 is 0 Å². The molecule has 0 radical (unpaired) electrons. The number of rotatable bonds is 5. The van der Waals surface area contributed by atoms with Crippen molar-refractivity contribution < 1.29 is 4.74 Å². The van der Waals surface area contributed by atoms with Crippen LogP contribution in [-0.2, 0) is 4.74 Å². The minimum absolute atomic E-state index is 0.278. The zero-order valence-electron chi connectivity index (χ0n) is 12.1. The van der Waals surface area contributed by atoms with E-state index in [9.17, 15) is 5.26 Å². The Morgan fingerprint density at radius 3 is 2.32 bits per heavy atom. The lowest BCUT2D eigenvalue weighted by molar-refractivity contribution is -0.0729. The van der Waals surface area contributed by atoms with Crippen LogP contribution >= 0.6 is 0 Å². The Morgan fingerprint density at radius 1 is 1.21 bits per heavy atom. The maximum atomic E-state index is 9.76. The van der Waals surface area contributed by atoms with Gasteiger partial charge in [0.05, 0.1) is 18.3 Å². The van der Waals surface area contributed by atoms with E-state index < -0.39 is 0 Å². The summed E-state index contributed by atoms with van der Waals surface area (Å²) in [6, 6.07) is 3.23. The molecule has 1 heterocycles. The van der Waals surface area contributed by atoms with Crippen LogP contribution in [0.3, 0.4) is 0 Å². The fourth-order valence-corrected chi connectivity index (χ4v) is 3.39. The first-order chi connectivity index (χ1) is 9.11. The molecule has 3 fully saturated rings. The van der Waals surface area contributed by atoms with E-state index in [0.29, 0.717) is 12.0 Å². The third-order valence-electron chi connectivity index (χ3n) is 4.48. The van der Waals surface area contributed by atoms with Gasteiger partial charge in [0.2, 0.25) is 0 Å². The van der Waals surface area contributed by atoms with E-state index in [1.807, 2.05) is 0 Å². The maximum Gasteiger partial charge on any atom is 0.122 e. The predicted molar refractivity (Wildman–Crippen MR) is 73.7 cm³/mol.